The van der Waals surface area contributed by atoms with Gasteiger partial charge in [-0.3, -0.25) is 0 Å². The summed E-state index contributed by atoms with van der Waals surface area (Å²) in [5.74, 6) is 1.66. The van der Waals surface area contributed by atoms with Gasteiger partial charge in [0.1, 0.15) is 11.6 Å². The summed E-state index contributed by atoms with van der Waals surface area (Å²) in [6, 6.07) is 4.00. The second-order valence-electron chi connectivity index (χ2n) is 5.23. The number of hydrogen-bond acceptors (Lipinski definition) is 4. The van der Waals surface area contributed by atoms with Crippen LogP contribution >= 0.6 is 0 Å². The Hall–Kier alpha value is -1.88. The molecule has 0 aliphatic carbocycles. The highest BCUT2D eigenvalue weighted by atomic mass is 15.0. The van der Waals surface area contributed by atoms with Gasteiger partial charge in [-0.1, -0.05) is 13.8 Å². The molecule has 0 aliphatic rings. The molecule has 5 heteroatoms. The van der Waals surface area contributed by atoms with E-state index < -0.39 is 0 Å². The Morgan fingerprint density at radius 3 is 2.84 bits per heavy atom. The maximum Gasteiger partial charge on any atom is 0.144 e. The van der Waals surface area contributed by atoms with Crippen LogP contribution < -0.4 is 10.6 Å². The third-order valence-electron chi connectivity index (χ3n) is 3.13. The molecular weight excluding hydrogens is 238 g/mol. The number of rotatable bonds is 6. The minimum atomic E-state index is 0.0497. The first kappa shape index (κ1) is 13.5. The molecule has 2 rings (SSSR count). The zero-order valence-corrected chi connectivity index (χ0v) is 11.7. The number of anilines is 1. The van der Waals surface area contributed by atoms with E-state index in [1.54, 1.807) is 6.20 Å². The molecule has 0 aliphatic heterocycles. The van der Waals surface area contributed by atoms with E-state index in [2.05, 4.69) is 45.5 Å². The number of nitrogens with one attached hydrogen (secondary N) is 3. The Bertz CT molecular complexity index is 504. The fraction of sp³-hybridized carbons (Fsp3) is 0.429. The molecule has 19 heavy (non-hydrogen) atoms. The van der Waals surface area contributed by atoms with Gasteiger partial charge in [-0.05, 0) is 24.7 Å². The van der Waals surface area contributed by atoms with Crippen LogP contribution in [0.1, 0.15) is 25.2 Å². The van der Waals surface area contributed by atoms with Crippen molar-refractivity contribution in [3.63, 3.8) is 0 Å². The first-order chi connectivity index (χ1) is 9.12. The highest BCUT2D eigenvalue weighted by Crippen LogP contribution is 2.22. The SMILES string of the molecule is CNCc1nccc(NCC(C)(C)c2cc[nH]c2)n1. The molecule has 2 heterocycles. The maximum atomic E-state index is 4.45. The van der Waals surface area contributed by atoms with Gasteiger partial charge in [0.25, 0.3) is 0 Å². The average Bonchev–Trinajstić information content (AvgIpc) is 2.92. The van der Waals surface area contributed by atoms with Gasteiger partial charge < -0.3 is 15.6 Å². The van der Waals surface area contributed by atoms with Crippen molar-refractivity contribution in [1.29, 1.82) is 0 Å². The summed E-state index contributed by atoms with van der Waals surface area (Å²) in [4.78, 5) is 11.8. The Labute approximate surface area is 113 Å². The van der Waals surface area contributed by atoms with Crippen molar-refractivity contribution in [2.75, 3.05) is 18.9 Å². The molecule has 0 fully saturated rings. The first-order valence-electron chi connectivity index (χ1n) is 6.45. The van der Waals surface area contributed by atoms with E-state index in [4.69, 9.17) is 0 Å². The fourth-order valence-electron chi connectivity index (χ4n) is 1.90. The van der Waals surface area contributed by atoms with Crippen molar-refractivity contribution in [1.82, 2.24) is 20.3 Å². The third-order valence-corrected chi connectivity index (χ3v) is 3.13. The van der Waals surface area contributed by atoms with E-state index in [1.165, 1.54) is 5.56 Å². The molecule has 102 valence electrons. The van der Waals surface area contributed by atoms with Gasteiger partial charge in [0.15, 0.2) is 0 Å². The van der Waals surface area contributed by atoms with E-state index >= 15 is 0 Å². The number of nitrogens with zero attached hydrogens (tertiary/aromatic N) is 2. The normalized spacial score (nSPS) is 11.5. The summed E-state index contributed by atoms with van der Waals surface area (Å²) < 4.78 is 0. The van der Waals surface area contributed by atoms with Crippen LogP contribution in [0.25, 0.3) is 0 Å². The molecule has 0 saturated heterocycles. The van der Waals surface area contributed by atoms with E-state index in [0.717, 1.165) is 18.2 Å². The van der Waals surface area contributed by atoms with Gasteiger partial charge >= 0.3 is 0 Å². The van der Waals surface area contributed by atoms with Gasteiger partial charge in [-0.25, -0.2) is 9.97 Å². The van der Waals surface area contributed by atoms with Crippen LogP contribution in [0, 0.1) is 0 Å². The fourth-order valence-corrected chi connectivity index (χ4v) is 1.90. The molecule has 0 atom stereocenters. The third kappa shape index (κ3) is 3.54. The van der Waals surface area contributed by atoms with Crippen molar-refractivity contribution >= 4 is 5.82 Å². The molecule has 0 radical (unpaired) electrons. The molecule has 2 aromatic heterocycles. The summed E-state index contributed by atoms with van der Waals surface area (Å²) in [6.45, 7) is 5.91. The summed E-state index contributed by atoms with van der Waals surface area (Å²) in [5.41, 5.74) is 1.33. The molecule has 0 aromatic carbocycles. The van der Waals surface area contributed by atoms with E-state index in [9.17, 15) is 0 Å². The Balaban J connectivity index is 2.00. The van der Waals surface area contributed by atoms with Crippen LogP contribution in [0.2, 0.25) is 0 Å². The topological polar surface area (TPSA) is 65.6 Å². The Kier molecular flexibility index (Phi) is 4.16. The quantitative estimate of drug-likeness (QED) is 0.741. The van der Waals surface area contributed by atoms with Gasteiger partial charge in [-0.15, -0.1) is 0 Å². The minimum absolute atomic E-state index is 0.0497. The minimum Gasteiger partial charge on any atom is -0.369 e. The lowest BCUT2D eigenvalue weighted by atomic mass is 9.86. The summed E-state index contributed by atoms with van der Waals surface area (Å²) in [5, 5.41) is 6.43. The number of hydrogen-bond donors (Lipinski definition) is 3. The lowest BCUT2D eigenvalue weighted by molar-refractivity contribution is 0.556. The van der Waals surface area contributed by atoms with Crippen LogP contribution in [0.3, 0.4) is 0 Å². The largest absolute Gasteiger partial charge is 0.369 e. The van der Waals surface area contributed by atoms with Crippen LogP contribution in [-0.4, -0.2) is 28.5 Å². The second-order valence-corrected chi connectivity index (χ2v) is 5.23. The van der Waals surface area contributed by atoms with Gasteiger partial charge in [-0.2, -0.15) is 0 Å². The van der Waals surface area contributed by atoms with Gasteiger partial charge in [0, 0.05) is 30.6 Å². The molecule has 0 unspecified atom stereocenters. The first-order valence-corrected chi connectivity index (χ1v) is 6.45. The van der Waals surface area contributed by atoms with E-state index in [0.29, 0.717) is 6.54 Å². The van der Waals surface area contributed by atoms with Crippen molar-refractivity contribution in [3.05, 3.63) is 42.1 Å². The highest BCUT2D eigenvalue weighted by molar-refractivity contribution is 5.35. The van der Waals surface area contributed by atoms with E-state index in [1.807, 2.05) is 25.5 Å². The Morgan fingerprint density at radius 1 is 1.32 bits per heavy atom. The molecule has 2 aromatic rings. The van der Waals surface area contributed by atoms with Crippen LogP contribution in [0.15, 0.2) is 30.7 Å². The van der Waals surface area contributed by atoms with E-state index in [-0.39, 0.29) is 5.41 Å². The molecule has 0 bridgehead atoms. The molecule has 3 N–H and O–H groups in total. The van der Waals surface area contributed by atoms with Crippen molar-refractivity contribution < 1.29 is 0 Å². The predicted octanol–water partition coefficient (Wildman–Crippen LogP) is 1.91. The molecule has 0 spiro atoms. The van der Waals surface area contributed by atoms with Crippen LogP contribution in [-0.2, 0) is 12.0 Å². The van der Waals surface area contributed by atoms with Gasteiger partial charge in [0.2, 0.25) is 0 Å². The highest BCUT2D eigenvalue weighted by Gasteiger charge is 2.20. The summed E-state index contributed by atoms with van der Waals surface area (Å²) >= 11 is 0. The van der Waals surface area contributed by atoms with Crippen molar-refractivity contribution in [2.24, 2.45) is 0 Å². The van der Waals surface area contributed by atoms with Crippen molar-refractivity contribution in [3.8, 4) is 0 Å². The second kappa shape index (κ2) is 5.84. The zero-order valence-electron chi connectivity index (χ0n) is 11.7. The van der Waals surface area contributed by atoms with Crippen molar-refractivity contribution in [2.45, 2.75) is 25.8 Å². The molecular formula is C14H21N5. The lowest BCUT2D eigenvalue weighted by Crippen LogP contribution is -2.27. The smallest absolute Gasteiger partial charge is 0.144 e. The Morgan fingerprint density at radius 2 is 2.16 bits per heavy atom. The standard InChI is InChI=1S/C14H21N5/c1-14(2,11-4-6-16-8-11)10-18-12-5-7-17-13(19-12)9-15-3/h4-8,15-16H,9-10H2,1-3H3,(H,17,18,19). The number of H-pyrrole nitrogens is 1. The molecule has 0 saturated carbocycles. The monoisotopic (exact) mass is 259 g/mol. The summed E-state index contributed by atoms with van der Waals surface area (Å²) in [7, 11) is 1.89. The number of aromatic nitrogens is 3. The average molecular weight is 259 g/mol. The van der Waals surface area contributed by atoms with Crippen LogP contribution in [0.5, 0.6) is 0 Å². The van der Waals surface area contributed by atoms with Crippen LogP contribution in [0.4, 0.5) is 5.82 Å². The zero-order chi connectivity index (χ0) is 13.7. The molecule has 0 amide bonds. The lowest BCUT2D eigenvalue weighted by Gasteiger charge is -2.24. The predicted molar refractivity (Wildman–Crippen MR) is 77.1 cm³/mol. The number of aromatic amines is 1. The molecule has 5 nitrogen and oxygen atoms in total. The maximum absolute atomic E-state index is 4.45. The van der Waals surface area contributed by atoms with Gasteiger partial charge in [0.05, 0.1) is 6.54 Å². The summed E-state index contributed by atoms with van der Waals surface area (Å²) in [6.07, 6.45) is 5.77.